The molecule has 0 unspecified atom stereocenters. The van der Waals surface area contributed by atoms with Crippen LogP contribution in [-0.4, -0.2) is 33.7 Å². The molecule has 1 aliphatic rings. The van der Waals surface area contributed by atoms with E-state index in [1.807, 2.05) is 13.8 Å². The number of rotatable bonds is 4. The molecule has 6 nitrogen and oxygen atoms in total. The summed E-state index contributed by atoms with van der Waals surface area (Å²) in [6, 6.07) is -0.461. The van der Waals surface area contributed by atoms with Crippen molar-refractivity contribution in [3.8, 4) is 0 Å². The standard InChI is InChI=1S/C17H22N4O2S2/c1-4-18-17(23)21-14(22)9(2)24-15-13-11-7-5-6-8-12(11)25-16(13)20-10(3)19-15/h9H,4-8H2,1-3H3,(H2,18,21,22,23)/t9-/m1/s1. The zero-order valence-corrected chi connectivity index (χ0v) is 16.3. The van der Waals surface area contributed by atoms with E-state index in [-0.39, 0.29) is 5.91 Å². The lowest BCUT2D eigenvalue weighted by molar-refractivity contribution is -0.119. The number of fused-ring (bicyclic) bond motifs is 3. The first-order valence-corrected chi connectivity index (χ1v) is 10.2. The van der Waals surface area contributed by atoms with Crippen molar-refractivity contribution in [3.05, 3.63) is 16.3 Å². The van der Waals surface area contributed by atoms with Crippen molar-refractivity contribution in [1.82, 2.24) is 20.6 Å². The van der Waals surface area contributed by atoms with E-state index in [2.05, 4.69) is 20.6 Å². The first-order valence-electron chi connectivity index (χ1n) is 8.53. The third-order valence-electron chi connectivity index (χ3n) is 4.12. The molecule has 2 heterocycles. The normalized spacial score (nSPS) is 14.8. The van der Waals surface area contributed by atoms with Crippen LogP contribution in [0.25, 0.3) is 10.2 Å². The lowest BCUT2D eigenvalue weighted by atomic mass is 9.97. The van der Waals surface area contributed by atoms with Crippen LogP contribution < -0.4 is 10.6 Å². The SMILES string of the molecule is CCNC(=O)NC(=O)[C@@H](C)Sc1nc(C)nc2sc3c(c12)CCCC3. The summed E-state index contributed by atoms with van der Waals surface area (Å²) >= 11 is 3.15. The van der Waals surface area contributed by atoms with E-state index in [9.17, 15) is 9.59 Å². The molecular formula is C17H22N4O2S2. The van der Waals surface area contributed by atoms with Gasteiger partial charge in [0.25, 0.3) is 0 Å². The highest BCUT2D eigenvalue weighted by Crippen LogP contribution is 2.40. The van der Waals surface area contributed by atoms with Gasteiger partial charge >= 0.3 is 6.03 Å². The minimum Gasteiger partial charge on any atom is -0.338 e. The van der Waals surface area contributed by atoms with Crippen LogP contribution in [0.3, 0.4) is 0 Å². The number of thiophene rings is 1. The van der Waals surface area contributed by atoms with Crippen molar-refractivity contribution < 1.29 is 9.59 Å². The summed E-state index contributed by atoms with van der Waals surface area (Å²) in [5, 5.41) is 6.47. The topological polar surface area (TPSA) is 84.0 Å². The number of imide groups is 1. The van der Waals surface area contributed by atoms with Gasteiger partial charge in [0, 0.05) is 16.8 Å². The third-order valence-corrected chi connectivity index (χ3v) is 6.40. The Morgan fingerprint density at radius 3 is 2.80 bits per heavy atom. The zero-order valence-electron chi connectivity index (χ0n) is 14.6. The predicted molar refractivity (Wildman–Crippen MR) is 101 cm³/mol. The van der Waals surface area contributed by atoms with E-state index in [4.69, 9.17) is 0 Å². The molecule has 0 spiro atoms. The molecule has 2 aromatic rings. The van der Waals surface area contributed by atoms with Crippen molar-refractivity contribution >= 4 is 45.3 Å². The number of hydrogen-bond acceptors (Lipinski definition) is 6. The van der Waals surface area contributed by atoms with Gasteiger partial charge in [-0.15, -0.1) is 11.3 Å². The quantitative estimate of drug-likeness (QED) is 0.630. The van der Waals surface area contributed by atoms with E-state index in [1.54, 1.807) is 18.3 Å². The summed E-state index contributed by atoms with van der Waals surface area (Å²) in [7, 11) is 0. The van der Waals surface area contributed by atoms with Crippen LogP contribution in [0.5, 0.6) is 0 Å². The van der Waals surface area contributed by atoms with Gasteiger partial charge in [0.2, 0.25) is 5.91 Å². The van der Waals surface area contributed by atoms with Crippen LogP contribution in [0.2, 0.25) is 0 Å². The molecule has 0 aromatic carbocycles. The van der Waals surface area contributed by atoms with Crippen molar-refractivity contribution in [2.45, 2.75) is 56.7 Å². The molecule has 3 amide bonds. The Morgan fingerprint density at radius 2 is 2.04 bits per heavy atom. The molecule has 0 aliphatic heterocycles. The minimum absolute atomic E-state index is 0.315. The molecule has 25 heavy (non-hydrogen) atoms. The van der Waals surface area contributed by atoms with Crippen LogP contribution >= 0.6 is 23.1 Å². The van der Waals surface area contributed by atoms with E-state index in [0.717, 1.165) is 28.1 Å². The fourth-order valence-electron chi connectivity index (χ4n) is 2.95. The summed E-state index contributed by atoms with van der Waals surface area (Å²) in [4.78, 5) is 35.4. The average Bonchev–Trinajstić information content (AvgIpc) is 2.92. The van der Waals surface area contributed by atoms with E-state index < -0.39 is 11.3 Å². The van der Waals surface area contributed by atoms with Crippen molar-refractivity contribution in [3.63, 3.8) is 0 Å². The van der Waals surface area contributed by atoms with Gasteiger partial charge in [-0.2, -0.15) is 0 Å². The maximum atomic E-state index is 12.2. The van der Waals surface area contributed by atoms with E-state index >= 15 is 0 Å². The first kappa shape index (κ1) is 18.1. The van der Waals surface area contributed by atoms with Crippen molar-refractivity contribution in [1.29, 1.82) is 0 Å². The lowest BCUT2D eigenvalue weighted by Crippen LogP contribution is -2.42. The largest absolute Gasteiger partial charge is 0.338 e. The van der Waals surface area contributed by atoms with E-state index in [1.165, 1.54) is 35.0 Å². The van der Waals surface area contributed by atoms with Crippen LogP contribution in [0.1, 0.15) is 43.0 Å². The maximum Gasteiger partial charge on any atom is 0.321 e. The van der Waals surface area contributed by atoms with Gasteiger partial charge in [-0.25, -0.2) is 14.8 Å². The molecule has 8 heteroatoms. The molecule has 3 rings (SSSR count). The Morgan fingerprint density at radius 1 is 1.28 bits per heavy atom. The van der Waals surface area contributed by atoms with E-state index in [0.29, 0.717) is 12.4 Å². The molecule has 0 bridgehead atoms. The fraction of sp³-hybridized carbons (Fsp3) is 0.529. The highest BCUT2D eigenvalue weighted by molar-refractivity contribution is 8.00. The number of hydrogen-bond donors (Lipinski definition) is 2. The second kappa shape index (κ2) is 7.70. The summed E-state index contributed by atoms with van der Waals surface area (Å²) in [5.74, 6) is 0.398. The average molecular weight is 379 g/mol. The highest BCUT2D eigenvalue weighted by atomic mass is 32.2. The van der Waals surface area contributed by atoms with Gasteiger partial charge in [-0.3, -0.25) is 10.1 Å². The Hall–Kier alpha value is -1.67. The number of urea groups is 1. The number of aryl methyl sites for hydroxylation is 3. The Labute approximate surface area is 155 Å². The molecule has 1 aliphatic carbocycles. The number of aromatic nitrogens is 2. The van der Waals surface area contributed by atoms with Crippen molar-refractivity contribution in [2.24, 2.45) is 0 Å². The Kier molecular flexibility index (Phi) is 5.58. The van der Waals surface area contributed by atoms with Gasteiger partial charge in [-0.05, 0) is 52.0 Å². The molecule has 0 saturated heterocycles. The van der Waals surface area contributed by atoms with Gasteiger partial charge in [-0.1, -0.05) is 11.8 Å². The fourth-order valence-corrected chi connectivity index (χ4v) is 5.34. The maximum absolute atomic E-state index is 12.2. The van der Waals surface area contributed by atoms with Crippen molar-refractivity contribution in [2.75, 3.05) is 6.54 Å². The molecule has 0 fully saturated rings. The van der Waals surface area contributed by atoms with Crippen LogP contribution in [-0.2, 0) is 17.6 Å². The predicted octanol–water partition coefficient (Wildman–Crippen LogP) is 3.20. The van der Waals surface area contributed by atoms with Gasteiger partial charge in [0.1, 0.15) is 15.7 Å². The van der Waals surface area contributed by atoms with Gasteiger partial charge in [0.05, 0.1) is 5.25 Å². The summed E-state index contributed by atoms with van der Waals surface area (Å²) in [6.45, 7) is 5.96. The van der Waals surface area contributed by atoms with Crippen LogP contribution in [0.15, 0.2) is 5.03 Å². The van der Waals surface area contributed by atoms with Gasteiger partial charge < -0.3 is 5.32 Å². The third kappa shape index (κ3) is 3.95. The second-order valence-electron chi connectivity index (χ2n) is 6.08. The molecule has 0 radical (unpaired) electrons. The Balaban J connectivity index is 1.86. The molecule has 1 atom stereocenters. The van der Waals surface area contributed by atoms with Crippen LogP contribution in [0, 0.1) is 6.92 Å². The zero-order chi connectivity index (χ0) is 18.0. The number of amides is 3. The molecule has 2 aromatic heterocycles. The summed E-state index contributed by atoms with van der Waals surface area (Å²) in [6.07, 6.45) is 4.56. The summed E-state index contributed by atoms with van der Waals surface area (Å²) < 4.78 is 0. The van der Waals surface area contributed by atoms with Gasteiger partial charge in [0.15, 0.2) is 0 Å². The van der Waals surface area contributed by atoms with Crippen LogP contribution in [0.4, 0.5) is 4.79 Å². The molecule has 0 saturated carbocycles. The Bertz CT molecular complexity index is 819. The number of nitrogens with one attached hydrogen (secondary N) is 2. The number of carbonyl (C=O) groups excluding carboxylic acids is 2. The number of thioether (sulfide) groups is 1. The minimum atomic E-state index is -0.461. The summed E-state index contributed by atoms with van der Waals surface area (Å²) in [5.41, 5.74) is 1.35. The molecule has 134 valence electrons. The molecular weight excluding hydrogens is 356 g/mol. The second-order valence-corrected chi connectivity index (χ2v) is 8.49. The monoisotopic (exact) mass is 378 g/mol. The number of carbonyl (C=O) groups is 2. The smallest absolute Gasteiger partial charge is 0.321 e. The number of nitrogens with zero attached hydrogens (tertiary/aromatic N) is 2. The molecule has 2 N–H and O–H groups in total. The lowest BCUT2D eigenvalue weighted by Gasteiger charge is -2.14. The highest BCUT2D eigenvalue weighted by Gasteiger charge is 2.24. The first-order chi connectivity index (χ1) is 12.0.